The number of hydrogen-bond donors (Lipinski definition) is 1. The molecule has 0 radical (unpaired) electrons. The van der Waals surface area contributed by atoms with Gasteiger partial charge in [0.15, 0.2) is 0 Å². The predicted molar refractivity (Wildman–Crippen MR) is 82.6 cm³/mol. The summed E-state index contributed by atoms with van der Waals surface area (Å²) in [5.41, 5.74) is -0.970. The molecule has 2 amide bonds. The first-order chi connectivity index (χ1) is 9.90. The van der Waals surface area contributed by atoms with Gasteiger partial charge in [0.1, 0.15) is 11.2 Å². The maximum Gasteiger partial charge on any atom is 0.410 e. The molecule has 1 heterocycles. The predicted octanol–water partition coefficient (Wildman–Crippen LogP) is 2.91. The standard InChI is InChI=1S/C16H28N2O4/c1-14(2,3)21-12(19)17-11-9-16(11)7-8-18(10-16)13(20)22-15(4,5)6/h11H,7-10H2,1-6H3,(H,17,19). The fraction of sp³-hybridized carbons (Fsp3) is 0.875. The van der Waals surface area contributed by atoms with Crippen molar-refractivity contribution in [2.24, 2.45) is 5.41 Å². The van der Waals surface area contributed by atoms with Gasteiger partial charge in [0.05, 0.1) is 0 Å². The van der Waals surface area contributed by atoms with Gasteiger partial charge in [0.25, 0.3) is 0 Å². The molecule has 126 valence electrons. The normalized spacial score (nSPS) is 27.7. The molecule has 1 saturated carbocycles. The Hall–Kier alpha value is -1.46. The SMILES string of the molecule is CC(C)(C)OC(=O)NC1CC12CCN(C(=O)OC(C)(C)C)C2. The molecule has 0 aromatic rings. The van der Waals surface area contributed by atoms with E-state index in [2.05, 4.69) is 5.32 Å². The Morgan fingerprint density at radius 2 is 1.68 bits per heavy atom. The van der Waals surface area contributed by atoms with Crippen molar-refractivity contribution in [2.75, 3.05) is 13.1 Å². The van der Waals surface area contributed by atoms with Gasteiger partial charge in [-0.15, -0.1) is 0 Å². The molecule has 22 heavy (non-hydrogen) atoms. The minimum atomic E-state index is -0.496. The van der Waals surface area contributed by atoms with Gasteiger partial charge in [0, 0.05) is 24.5 Å². The highest BCUT2D eigenvalue weighted by atomic mass is 16.6. The van der Waals surface area contributed by atoms with Crippen LogP contribution >= 0.6 is 0 Å². The molecule has 1 spiro atoms. The Balaban J connectivity index is 1.82. The Kier molecular flexibility index (Phi) is 4.09. The summed E-state index contributed by atoms with van der Waals surface area (Å²) in [5.74, 6) is 0. The molecule has 1 N–H and O–H groups in total. The lowest BCUT2D eigenvalue weighted by Gasteiger charge is -2.24. The molecule has 1 aliphatic carbocycles. The van der Waals surface area contributed by atoms with Crippen LogP contribution in [0.15, 0.2) is 0 Å². The minimum Gasteiger partial charge on any atom is -0.444 e. The Bertz CT molecular complexity index is 464. The molecule has 1 saturated heterocycles. The van der Waals surface area contributed by atoms with Crippen molar-refractivity contribution in [3.05, 3.63) is 0 Å². The molecular weight excluding hydrogens is 284 g/mol. The fourth-order valence-corrected chi connectivity index (χ4v) is 2.83. The van der Waals surface area contributed by atoms with Crippen LogP contribution in [0, 0.1) is 5.41 Å². The summed E-state index contributed by atoms with van der Waals surface area (Å²) < 4.78 is 10.7. The van der Waals surface area contributed by atoms with Crippen molar-refractivity contribution in [2.45, 2.75) is 71.6 Å². The molecule has 2 atom stereocenters. The molecule has 6 nitrogen and oxygen atoms in total. The average molecular weight is 312 g/mol. The van der Waals surface area contributed by atoms with E-state index < -0.39 is 11.2 Å². The number of carbonyl (C=O) groups is 2. The first-order valence-corrected chi connectivity index (χ1v) is 7.88. The van der Waals surface area contributed by atoms with Crippen LogP contribution in [0.5, 0.6) is 0 Å². The zero-order valence-electron chi connectivity index (χ0n) is 14.5. The maximum absolute atomic E-state index is 12.1. The first-order valence-electron chi connectivity index (χ1n) is 7.88. The minimum absolute atomic E-state index is 0.00775. The number of likely N-dealkylation sites (tertiary alicyclic amines) is 1. The van der Waals surface area contributed by atoms with Crippen molar-refractivity contribution in [3.8, 4) is 0 Å². The third kappa shape index (κ3) is 4.27. The van der Waals surface area contributed by atoms with Crippen molar-refractivity contribution < 1.29 is 19.1 Å². The van der Waals surface area contributed by atoms with Crippen molar-refractivity contribution in [3.63, 3.8) is 0 Å². The van der Waals surface area contributed by atoms with E-state index in [-0.39, 0.29) is 23.6 Å². The third-order valence-electron chi connectivity index (χ3n) is 3.92. The van der Waals surface area contributed by atoms with Gasteiger partial charge < -0.3 is 19.7 Å². The van der Waals surface area contributed by atoms with E-state index in [1.165, 1.54) is 0 Å². The van der Waals surface area contributed by atoms with E-state index >= 15 is 0 Å². The van der Waals surface area contributed by atoms with Gasteiger partial charge in [-0.25, -0.2) is 9.59 Å². The van der Waals surface area contributed by atoms with Crippen molar-refractivity contribution in [1.29, 1.82) is 0 Å². The number of alkyl carbamates (subject to hydrolysis) is 1. The van der Waals surface area contributed by atoms with Gasteiger partial charge in [0.2, 0.25) is 0 Å². The number of ether oxygens (including phenoxy) is 2. The van der Waals surface area contributed by atoms with E-state index in [1.807, 2.05) is 41.5 Å². The van der Waals surface area contributed by atoms with Crippen LogP contribution in [0.1, 0.15) is 54.4 Å². The highest BCUT2D eigenvalue weighted by molar-refractivity contribution is 5.70. The number of amides is 2. The molecule has 6 heteroatoms. The summed E-state index contributed by atoms with van der Waals surface area (Å²) in [6, 6.07) is 0.0924. The van der Waals surface area contributed by atoms with Gasteiger partial charge in [-0.2, -0.15) is 0 Å². The van der Waals surface area contributed by atoms with Crippen LogP contribution in [0.25, 0.3) is 0 Å². The van der Waals surface area contributed by atoms with Crippen LogP contribution < -0.4 is 5.32 Å². The lowest BCUT2D eigenvalue weighted by Crippen LogP contribution is -2.38. The van der Waals surface area contributed by atoms with E-state index in [9.17, 15) is 9.59 Å². The summed E-state index contributed by atoms with van der Waals surface area (Å²) in [7, 11) is 0. The second kappa shape index (κ2) is 5.32. The van der Waals surface area contributed by atoms with Crippen LogP contribution in [-0.2, 0) is 9.47 Å². The summed E-state index contributed by atoms with van der Waals surface area (Å²) >= 11 is 0. The summed E-state index contributed by atoms with van der Waals surface area (Å²) in [6.07, 6.45) is 1.13. The lowest BCUT2D eigenvalue weighted by atomic mass is 10.1. The van der Waals surface area contributed by atoms with E-state index in [4.69, 9.17) is 9.47 Å². The van der Waals surface area contributed by atoms with Gasteiger partial charge >= 0.3 is 12.2 Å². The number of hydrogen-bond acceptors (Lipinski definition) is 4. The highest BCUT2D eigenvalue weighted by Crippen LogP contribution is 2.53. The molecule has 2 rings (SSSR count). The molecule has 0 aromatic heterocycles. The topological polar surface area (TPSA) is 67.9 Å². The molecule has 2 aliphatic rings. The van der Waals surface area contributed by atoms with E-state index in [1.54, 1.807) is 4.90 Å². The third-order valence-corrected chi connectivity index (χ3v) is 3.92. The number of carbonyl (C=O) groups excluding carboxylic acids is 2. The lowest BCUT2D eigenvalue weighted by molar-refractivity contribution is 0.0285. The smallest absolute Gasteiger partial charge is 0.410 e. The first kappa shape index (κ1) is 16.9. The van der Waals surface area contributed by atoms with Crippen LogP contribution in [-0.4, -0.2) is 47.4 Å². The fourth-order valence-electron chi connectivity index (χ4n) is 2.83. The molecule has 0 aromatic carbocycles. The quantitative estimate of drug-likeness (QED) is 0.808. The van der Waals surface area contributed by atoms with Gasteiger partial charge in [-0.3, -0.25) is 0 Å². The second-order valence-electron chi connectivity index (χ2n) is 8.42. The zero-order chi connectivity index (χ0) is 16.8. The van der Waals surface area contributed by atoms with Crippen LogP contribution in [0.2, 0.25) is 0 Å². The monoisotopic (exact) mass is 312 g/mol. The Morgan fingerprint density at radius 1 is 1.09 bits per heavy atom. The van der Waals surface area contributed by atoms with Crippen molar-refractivity contribution >= 4 is 12.2 Å². The number of nitrogens with zero attached hydrogens (tertiary/aromatic N) is 1. The van der Waals surface area contributed by atoms with Gasteiger partial charge in [-0.1, -0.05) is 0 Å². The molecule has 1 aliphatic heterocycles. The summed E-state index contributed by atoms with van der Waals surface area (Å²) in [5, 5.41) is 2.91. The Labute approximate surface area is 132 Å². The zero-order valence-corrected chi connectivity index (χ0v) is 14.5. The molecule has 0 bridgehead atoms. The number of nitrogens with one attached hydrogen (secondary N) is 1. The molecule has 2 fully saturated rings. The molecule has 2 unspecified atom stereocenters. The number of rotatable bonds is 1. The second-order valence-corrected chi connectivity index (χ2v) is 8.42. The molecular formula is C16H28N2O4. The average Bonchev–Trinajstić information content (AvgIpc) is 2.75. The summed E-state index contributed by atoms with van der Waals surface area (Å²) in [4.78, 5) is 25.6. The van der Waals surface area contributed by atoms with E-state index in [0.29, 0.717) is 13.1 Å². The van der Waals surface area contributed by atoms with Crippen molar-refractivity contribution in [1.82, 2.24) is 10.2 Å². The highest BCUT2D eigenvalue weighted by Gasteiger charge is 2.59. The van der Waals surface area contributed by atoms with Crippen LogP contribution in [0.3, 0.4) is 0 Å². The van der Waals surface area contributed by atoms with E-state index in [0.717, 1.165) is 12.8 Å². The van der Waals surface area contributed by atoms with Crippen LogP contribution in [0.4, 0.5) is 9.59 Å². The summed E-state index contributed by atoms with van der Waals surface area (Å²) in [6.45, 7) is 12.4. The Morgan fingerprint density at radius 3 is 2.23 bits per heavy atom. The largest absolute Gasteiger partial charge is 0.444 e. The maximum atomic E-state index is 12.1. The van der Waals surface area contributed by atoms with Gasteiger partial charge in [-0.05, 0) is 54.4 Å².